The highest BCUT2D eigenvalue weighted by atomic mass is 35.5. The molecular weight excluding hydrogens is 579 g/mol. The van der Waals surface area contributed by atoms with Crippen molar-refractivity contribution in [1.82, 2.24) is 19.8 Å². The van der Waals surface area contributed by atoms with Crippen molar-refractivity contribution in [3.63, 3.8) is 0 Å². The summed E-state index contributed by atoms with van der Waals surface area (Å²) in [6.07, 6.45) is 5.99. The van der Waals surface area contributed by atoms with Crippen LogP contribution in [-0.2, 0) is 19.1 Å². The quantitative estimate of drug-likeness (QED) is 0.243. The minimum absolute atomic E-state index is 0.0352. The third kappa shape index (κ3) is 8.17. The minimum Gasteiger partial charge on any atom is -0.491 e. The van der Waals surface area contributed by atoms with E-state index in [1.165, 1.54) is 36.7 Å². The van der Waals surface area contributed by atoms with Gasteiger partial charge >= 0.3 is 5.97 Å². The number of aromatic nitrogens is 2. The Morgan fingerprint density at radius 2 is 1.88 bits per heavy atom. The Labute approximate surface area is 253 Å². The largest absolute Gasteiger partial charge is 0.491 e. The number of benzene rings is 2. The van der Waals surface area contributed by atoms with Crippen molar-refractivity contribution in [2.45, 2.75) is 19.8 Å². The van der Waals surface area contributed by atoms with Gasteiger partial charge in [-0.1, -0.05) is 11.6 Å². The van der Waals surface area contributed by atoms with Crippen LogP contribution in [0.4, 0.5) is 21.6 Å². The molecule has 43 heavy (non-hydrogen) atoms. The van der Waals surface area contributed by atoms with Crippen molar-refractivity contribution in [2.75, 3.05) is 56.6 Å². The van der Waals surface area contributed by atoms with Gasteiger partial charge in [-0.05, 0) is 49.9 Å². The van der Waals surface area contributed by atoms with Gasteiger partial charge in [0.15, 0.2) is 0 Å². The highest BCUT2D eigenvalue weighted by molar-refractivity contribution is 6.31. The van der Waals surface area contributed by atoms with E-state index < -0.39 is 11.7 Å². The Balaban J connectivity index is 1.28. The van der Waals surface area contributed by atoms with Gasteiger partial charge in [-0.25, -0.2) is 14.4 Å². The number of fused-ring (bicyclic) bond motifs is 1. The lowest BCUT2D eigenvalue weighted by atomic mass is 10.1. The van der Waals surface area contributed by atoms with E-state index in [9.17, 15) is 18.8 Å². The van der Waals surface area contributed by atoms with Crippen LogP contribution >= 0.6 is 11.6 Å². The van der Waals surface area contributed by atoms with Gasteiger partial charge in [0, 0.05) is 55.5 Å². The van der Waals surface area contributed by atoms with Crippen LogP contribution in [0, 0.1) is 11.7 Å². The number of amides is 2. The highest BCUT2D eigenvalue weighted by Gasteiger charge is 2.24. The van der Waals surface area contributed by atoms with Gasteiger partial charge in [-0.2, -0.15) is 0 Å². The molecule has 2 fully saturated rings. The normalized spacial score (nSPS) is 15.5. The number of anilines is 3. The second-order valence-corrected chi connectivity index (χ2v) is 10.7. The number of ether oxygens (including phenoxy) is 2. The van der Waals surface area contributed by atoms with Crippen LogP contribution in [0.5, 0.6) is 5.75 Å². The zero-order valence-corrected chi connectivity index (χ0v) is 24.4. The number of carbonyl (C=O) groups is 3. The molecule has 13 heteroatoms. The van der Waals surface area contributed by atoms with Crippen molar-refractivity contribution < 1.29 is 28.2 Å². The van der Waals surface area contributed by atoms with E-state index in [2.05, 4.69) is 20.6 Å². The lowest BCUT2D eigenvalue weighted by Gasteiger charge is -2.33. The number of carbonyl (C=O) groups excluding carboxylic acids is 3. The van der Waals surface area contributed by atoms with Crippen LogP contribution in [0.15, 0.2) is 48.8 Å². The number of piperazine rings is 1. The Kier molecular flexibility index (Phi) is 9.68. The number of nitrogens with zero attached hydrogens (tertiary/aromatic N) is 4. The standard InChI is InChI=1S/C30H32ClFN6O5/c1-2-42-29(41)16-37-9-11-38(12-10-37)28(40)8-7-27(39)36-25-14-21-24(15-26(25)43-17-19-3-4-19)33-18-34-30(21)35-20-5-6-23(32)22(31)13-20/h5-8,13-15,18-19H,2-4,9-12,16-17H2,1H3,(H,36,39)(H,33,34,35)/b8-7+. The molecule has 11 nitrogen and oxygen atoms in total. The van der Waals surface area contributed by atoms with Gasteiger partial charge in [0.1, 0.15) is 23.7 Å². The fourth-order valence-corrected chi connectivity index (χ4v) is 4.73. The molecule has 1 aliphatic heterocycles. The van der Waals surface area contributed by atoms with Gasteiger partial charge in [-0.3, -0.25) is 19.3 Å². The monoisotopic (exact) mass is 610 g/mol. The predicted octanol–water partition coefficient (Wildman–Crippen LogP) is 4.16. The topological polar surface area (TPSA) is 126 Å². The molecule has 5 rings (SSSR count). The first kappa shape index (κ1) is 30.2. The van der Waals surface area contributed by atoms with Crippen molar-refractivity contribution >= 4 is 57.5 Å². The zero-order valence-electron chi connectivity index (χ0n) is 23.6. The molecule has 3 aromatic rings. The molecule has 2 aromatic carbocycles. The van der Waals surface area contributed by atoms with Crippen LogP contribution in [0.25, 0.3) is 10.9 Å². The predicted molar refractivity (Wildman–Crippen MR) is 160 cm³/mol. The van der Waals surface area contributed by atoms with Crippen LogP contribution in [0.2, 0.25) is 5.02 Å². The maximum atomic E-state index is 13.7. The van der Waals surface area contributed by atoms with Gasteiger partial charge in [0.25, 0.3) is 0 Å². The molecule has 2 aliphatic rings. The third-order valence-electron chi connectivity index (χ3n) is 7.07. The minimum atomic E-state index is -0.537. The van der Waals surface area contributed by atoms with Gasteiger partial charge in [0.05, 0.1) is 36.0 Å². The summed E-state index contributed by atoms with van der Waals surface area (Å²) in [6.45, 7) is 4.72. The number of rotatable bonds is 11. The van der Waals surface area contributed by atoms with E-state index in [-0.39, 0.29) is 23.4 Å². The molecule has 1 aromatic heterocycles. The Bertz CT molecular complexity index is 1540. The van der Waals surface area contributed by atoms with Crippen molar-refractivity contribution in [2.24, 2.45) is 5.92 Å². The summed E-state index contributed by atoms with van der Waals surface area (Å²) in [7, 11) is 0. The molecule has 1 saturated heterocycles. The van der Waals surface area contributed by atoms with Crippen LogP contribution in [0.1, 0.15) is 19.8 Å². The molecule has 0 spiro atoms. The van der Waals surface area contributed by atoms with Gasteiger partial charge in [0.2, 0.25) is 11.8 Å². The second kappa shape index (κ2) is 13.8. The molecular formula is C30H32ClFN6O5. The van der Waals surface area contributed by atoms with Crippen molar-refractivity contribution in [3.8, 4) is 5.75 Å². The number of hydrogen-bond donors (Lipinski definition) is 2. The van der Waals surface area contributed by atoms with Crippen LogP contribution in [0.3, 0.4) is 0 Å². The van der Waals surface area contributed by atoms with E-state index in [1.54, 1.807) is 24.0 Å². The Morgan fingerprint density at radius 1 is 1.09 bits per heavy atom. The van der Waals surface area contributed by atoms with Gasteiger partial charge in [-0.15, -0.1) is 0 Å². The SMILES string of the molecule is CCOC(=O)CN1CCN(C(=O)/C=C/C(=O)Nc2cc3c(Nc4ccc(F)c(Cl)c4)ncnc3cc2OCC2CC2)CC1. The molecule has 226 valence electrons. The van der Waals surface area contributed by atoms with E-state index in [4.69, 9.17) is 21.1 Å². The first-order valence-corrected chi connectivity index (χ1v) is 14.5. The Morgan fingerprint density at radius 3 is 2.60 bits per heavy atom. The molecule has 2 N–H and O–H groups in total. The molecule has 0 unspecified atom stereocenters. The van der Waals surface area contributed by atoms with E-state index >= 15 is 0 Å². The second-order valence-electron chi connectivity index (χ2n) is 10.3. The fraction of sp³-hybridized carbons (Fsp3) is 0.367. The fourth-order valence-electron chi connectivity index (χ4n) is 4.55. The molecule has 1 aliphatic carbocycles. The van der Waals surface area contributed by atoms with Gasteiger partial charge < -0.3 is 25.0 Å². The van der Waals surface area contributed by atoms with Crippen LogP contribution < -0.4 is 15.4 Å². The number of hydrogen-bond acceptors (Lipinski definition) is 9. The van der Waals surface area contributed by atoms with E-state index in [0.29, 0.717) is 79.2 Å². The van der Waals surface area contributed by atoms with E-state index in [1.807, 2.05) is 4.90 Å². The molecule has 0 bridgehead atoms. The Hall–Kier alpha value is -4.29. The molecule has 1 saturated carbocycles. The zero-order chi connectivity index (χ0) is 30.3. The summed E-state index contributed by atoms with van der Waals surface area (Å²) >= 11 is 5.94. The smallest absolute Gasteiger partial charge is 0.320 e. The molecule has 2 heterocycles. The molecule has 0 radical (unpaired) electrons. The summed E-state index contributed by atoms with van der Waals surface area (Å²) in [5, 5.41) is 6.49. The maximum Gasteiger partial charge on any atom is 0.320 e. The average molecular weight is 611 g/mol. The number of halogens is 2. The average Bonchev–Trinajstić information content (AvgIpc) is 3.82. The van der Waals surface area contributed by atoms with Crippen molar-refractivity contribution in [3.05, 3.63) is 59.7 Å². The first-order chi connectivity index (χ1) is 20.8. The maximum absolute atomic E-state index is 13.7. The highest BCUT2D eigenvalue weighted by Crippen LogP contribution is 2.36. The summed E-state index contributed by atoms with van der Waals surface area (Å²) in [6, 6.07) is 7.65. The van der Waals surface area contributed by atoms with Crippen molar-refractivity contribution in [1.29, 1.82) is 0 Å². The number of esters is 1. The van der Waals surface area contributed by atoms with E-state index in [0.717, 1.165) is 12.8 Å². The summed E-state index contributed by atoms with van der Waals surface area (Å²) in [4.78, 5) is 49.6. The lowest BCUT2D eigenvalue weighted by Crippen LogP contribution is -2.49. The van der Waals surface area contributed by atoms with Crippen LogP contribution in [-0.4, -0.2) is 83.5 Å². The molecule has 2 amide bonds. The number of nitrogens with one attached hydrogen (secondary N) is 2. The lowest BCUT2D eigenvalue weighted by molar-refractivity contribution is -0.145. The molecule has 0 atom stereocenters. The first-order valence-electron chi connectivity index (χ1n) is 14.1. The summed E-state index contributed by atoms with van der Waals surface area (Å²) in [5.74, 6) is -0.300. The summed E-state index contributed by atoms with van der Waals surface area (Å²) < 4.78 is 24.7. The third-order valence-corrected chi connectivity index (χ3v) is 7.36. The summed E-state index contributed by atoms with van der Waals surface area (Å²) in [5.41, 5.74) is 1.48.